The Morgan fingerprint density at radius 3 is 2.71 bits per heavy atom. The van der Waals surface area contributed by atoms with Gasteiger partial charge in [-0.05, 0) is 29.0 Å². The monoisotopic (exact) mass is 288 g/mol. The van der Waals surface area contributed by atoms with Crippen molar-refractivity contribution in [3.8, 4) is 0 Å². The number of nitrogens with zero attached hydrogens (tertiary/aromatic N) is 1. The number of allylic oxidation sites excluding steroid dienone is 2. The van der Waals surface area contributed by atoms with Gasteiger partial charge >= 0.3 is 0 Å². The van der Waals surface area contributed by atoms with Gasteiger partial charge in [0.15, 0.2) is 0 Å². The summed E-state index contributed by atoms with van der Waals surface area (Å²) in [6, 6.07) is 14.4. The highest BCUT2D eigenvalue weighted by atomic mass is 79.9. The van der Waals surface area contributed by atoms with E-state index in [2.05, 4.69) is 45.2 Å². The lowest BCUT2D eigenvalue weighted by Gasteiger charge is -1.98. The molecule has 0 bridgehead atoms. The molecule has 2 aromatic rings. The topological polar surface area (TPSA) is 38.4 Å². The average Bonchev–Trinajstić information content (AvgIpc) is 2.38. The highest BCUT2D eigenvalue weighted by molar-refractivity contribution is 9.09. The third-order valence-electron chi connectivity index (χ3n) is 2.40. The van der Waals surface area contributed by atoms with Gasteiger partial charge in [-0.2, -0.15) is 0 Å². The second kappa shape index (κ2) is 5.64. The lowest BCUT2D eigenvalue weighted by Crippen LogP contribution is -1.97. The fourth-order valence-corrected chi connectivity index (χ4v) is 1.71. The number of alkyl halides is 1. The Hall–Kier alpha value is -1.61. The molecule has 2 N–H and O–H groups in total. The molecule has 0 fully saturated rings. The maximum Gasteiger partial charge on any atom is 0.0636 e. The van der Waals surface area contributed by atoms with Crippen LogP contribution >= 0.6 is 15.9 Å². The van der Waals surface area contributed by atoms with Crippen molar-refractivity contribution in [1.82, 2.24) is 0 Å². The van der Waals surface area contributed by atoms with E-state index in [1.165, 1.54) is 10.8 Å². The van der Waals surface area contributed by atoms with Crippen molar-refractivity contribution in [3.05, 3.63) is 54.2 Å². The van der Waals surface area contributed by atoms with Gasteiger partial charge in [-0.1, -0.05) is 46.3 Å². The van der Waals surface area contributed by atoms with E-state index in [9.17, 15) is 0 Å². The number of fused-ring (bicyclic) bond motifs is 1. The Labute approximate surface area is 109 Å². The highest BCUT2D eigenvalue weighted by Gasteiger charge is 1.92. The van der Waals surface area contributed by atoms with Gasteiger partial charge < -0.3 is 5.73 Å². The van der Waals surface area contributed by atoms with Gasteiger partial charge in [0, 0.05) is 17.2 Å². The lowest BCUT2D eigenvalue weighted by atomic mass is 10.1. The molecule has 0 saturated carbocycles. The summed E-state index contributed by atoms with van der Waals surface area (Å²) in [7, 11) is 0. The summed E-state index contributed by atoms with van der Waals surface area (Å²) in [4.78, 5) is 4.34. The van der Waals surface area contributed by atoms with Crippen LogP contribution in [0.4, 0.5) is 5.69 Å². The van der Waals surface area contributed by atoms with Crippen molar-refractivity contribution in [3.63, 3.8) is 0 Å². The third-order valence-corrected chi connectivity index (χ3v) is 3.05. The van der Waals surface area contributed by atoms with Crippen LogP contribution in [0, 0.1) is 0 Å². The molecule has 0 spiro atoms. The zero-order valence-electron chi connectivity index (χ0n) is 9.31. The van der Waals surface area contributed by atoms with E-state index in [4.69, 9.17) is 5.73 Å². The second-order valence-electron chi connectivity index (χ2n) is 3.68. The minimum absolute atomic E-state index is 0.663. The third kappa shape index (κ3) is 3.17. The van der Waals surface area contributed by atoms with E-state index >= 15 is 0 Å². The predicted molar refractivity (Wildman–Crippen MR) is 78.2 cm³/mol. The molecule has 2 rings (SSSR count). The van der Waals surface area contributed by atoms with Gasteiger partial charge in [-0.25, -0.2) is 0 Å². The zero-order chi connectivity index (χ0) is 12.1. The van der Waals surface area contributed by atoms with Gasteiger partial charge in [0.1, 0.15) is 0 Å². The SMILES string of the molecule is N/C(=C\C=Nc1ccc2ccccc2c1)CBr. The van der Waals surface area contributed by atoms with Gasteiger partial charge in [0.05, 0.1) is 5.69 Å². The Morgan fingerprint density at radius 1 is 1.18 bits per heavy atom. The fourth-order valence-electron chi connectivity index (χ4n) is 1.52. The summed E-state index contributed by atoms with van der Waals surface area (Å²) >= 11 is 3.28. The number of nitrogens with two attached hydrogens (primary N) is 1. The second-order valence-corrected chi connectivity index (χ2v) is 4.25. The van der Waals surface area contributed by atoms with Crippen molar-refractivity contribution in [1.29, 1.82) is 0 Å². The van der Waals surface area contributed by atoms with Crippen LogP contribution in [-0.4, -0.2) is 11.5 Å². The van der Waals surface area contributed by atoms with Crippen molar-refractivity contribution in [2.75, 3.05) is 5.33 Å². The molecular weight excluding hydrogens is 276 g/mol. The first kappa shape index (κ1) is 11.9. The molecule has 0 saturated heterocycles. The van der Waals surface area contributed by atoms with Crippen molar-refractivity contribution >= 4 is 38.6 Å². The lowest BCUT2D eigenvalue weighted by molar-refractivity contribution is 1.35. The van der Waals surface area contributed by atoms with E-state index in [1.807, 2.05) is 18.2 Å². The minimum Gasteiger partial charge on any atom is -0.401 e. The molecule has 2 aromatic carbocycles. The highest BCUT2D eigenvalue weighted by Crippen LogP contribution is 2.20. The minimum atomic E-state index is 0.663. The molecule has 0 heterocycles. The Bertz CT molecular complexity index is 573. The number of aliphatic imine (C=N–C) groups is 1. The van der Waals surface area contributed by atoms with Crippen LogP contribution in [0.25, 0.3) is 10.8 Å². The summed E-state index contributed by atoms with van der Waals surface area (Å²) in [5.41, 5.74) is 7.34. The molecule has 0 aromatic heterocycles. The van der Waals surface area contributed by atoms with Crippen molar-refractivity contribution < 1.29 is 0 Å². The molecule has 3 heteroatoms. The maximum atomic E-state index is 5.65. The Morgan fingerprint density at radius 2 is 1.94 bits per heavy atom. The average molecular weight is 289 g/mol. The van der Waals surface area contributed by atoms with Gasteiger partial charge in [0.2, 0.25) is 0 Å². The molecule has 0 atom stereocenters. The normalized spacial score (nSPS) is 12.4. The van der Waals surface area contributed by atoms with Crippen LogP contribution in [0.3, 0.4) is 0 Å². The van der Waals surface area contributed by atoms with Crippen molar-refractivity contribution in [2.24, 2.45) is 10.7 Å². The molecule has 2 nitrogen and oxygen atoms in total. The molecule has 0 aliphatic carbocycles. The first-order valence-electron chi connectivity index (χ1n) is 5.33. The Balaban J connectivity index is 2.25. The molecule has 17 heavy (non-hydrogen) atoms. The van der Waals surface area contributed by atoms with Crippen LogP contribution in [0.15, 0.2) is 59.2 Å². The largest absolute Gasteiger partial charge is 0.401 e. The number of hydrogen-bond acceptors (Lipinski definition) is 2. The summed E-state index contributed by atoms with van der Waals surface area (Å²) < 4.78 is 0. The molecular formula is C14H13BrN2. The number of hydrogen-bond donors (Lipinski definition) is 1. The van der Waals surface area contributed by atoms with Gasteiger partial charge in [-0.15, -0.1) is 0 Å². The smallest absolute Gasteiger partial charge is 0.0636 e. The van der Waals surface area contributed by atoms with Crippen LogP contribution in [0.2, 0.25) is 0 Å². The molecule has 0 amide bonds. The quantitative estimate of drug-likeness (QED) is 0.677. The summed E-state index contributed by atoms with van der Waals surface area (Å²) in [5, 5.41) is 3.08. The van der Waals surface area contributed by atoms with Crippen LogP contribution in [0.5, 0.6) is 0 Å². The maximum absolute atomic E-state index is 5.65. The van der Waals surface area contributed by atoms with Crippen molar-refractivity contribution in [2.45, 2.75) is 0 Å². The number of rotatable bonds is 3. The van der Waals surface area contributed by atoms with E-state index in [1.54, 1.807) is 12.3 Å². The van der Waals surface area contributed by atoms with Crippen LogP contribution in [0.1, 0.15) is 0 Å². The van der Waals surface area contributed by atoms with Crippen LogP contribution in [-0.2, 0) is 0 Å². The first-order valence-corrected chi connectivity index (χ1v) is 6.45. The zero-order valence-corrected chi connectivity index (χ0v) is 10.9. The molecule has 0 aliphatic rings. The Kier molecular flexibility index (Phi) is 3.94. The summed E-state index contributed by atoms with van der Waals surface area (Å²) in [6.45, 7) is 0. The van der Waals surface area contributed by atoms with Gasteiger partial charge in [0.25, 0.3) is 0 Å². The first-order chi connectivity index (χ1) is 8.29. The van der Waals surface area contributed by atoms with Gasteiger partial charge in [-0.3, -0.25) is 4.99 Å². The molecule has 0 unspecified atom stereocenters. The van der Waals surface area contributed by atoms with E-state index in [0.717, 1.165) is 11.4 Å². The van der Waals surface area contributed by atoms with E-state index in [-0.39, 0.29) is 0 Å². The fraction of sp³-hybridized carbons (Fsp3) is 0.0714. The number of halogens is 1. The predicted octanol–water partition coefficient (Wildman–Crippen LogP) is 3.78. The molecule has 0 radical (unpaired) electrons. The standard InChI is InChI=1S/C14H13BrN2/c15-10-13(16)7-8-17-14-6-5-11-3-1-2-4-12(11)9-14/h1-9H,10,16H2/b13-7-,17-8?. The molecule has 0 aliphatic heterocycles. The summed E-state index contributed by atoms with van der Waals surface area (Å²) in [5.74, 6) is 0. The van der Waals surface area contributed by atoms with Crippen LogP contribution < -0.4 is 5.73 Å². The number of benzene rings is 2. The van der Waals surface area contributed by atoms with E-state index in [0.29, 0.717) is 5.33 Å². The summed E-state index contributed by atoms with van der Waals surface area (Å²) in [6.07, 6.45) is 3.52. The van der Waals surface area contributed by atoms with E-state index < -0.39 is 0 Å². The molecule has 86 valence electrons.